The SMILES string of the molecule is C/C(=C\Cn1c[n+](C)c2ncnc(N)c21)CC[C@]1(C)[C@H]2CC=C[C@@H](C)[C@]2(C)CC[C@H]1C.[Cl-]. The van der Waals surface area contributed by atoms with Gasteiger partial charge in [0.25, 0.3) is 0 Å². The maximum atomic E-state index is 6.14. The van der Waals surface area contributed by atoms with E-state index in [1.807, 2.05) is 11.6 Å². The van der Waals surface area contributed by atoms with Crippen LogP contribution < -0.4 is 22.7 Å². The Labute approximate surface area is 199 Å². The number of aromatic nitrogens is 4. The quantitative estimate of drug-likeness (QED) is 0.553. The summed E-state index contributed by atoms with van der Waals surface area (Å²) in [5, 5.41) is 0. The average molecular weight is 458 g/mol. The number of nitrogens with two attached hydrogens (primary N) is 1. The smallest absolute Gasteiger partial charge is 0.307 e. The van der Waals surface area contributed by atoms with Gasteiger partial charge in [-0.25, -0.2) is 4.57 Å². The summed E-state index contributed by atoms with van der Waals surface area (Å²) in [5.74, 6) is 2.78. The normalized spacial score (nSPS) is 32.6. The van der Waals surface area contributed by atoms with E-state index in [0.29, 0.717) is 22.6 Å². The number of nitrogen functional groups attached to an aromatic ring is 1. The van der Waals surface area contributed by atoms with Crippen LogP contribution in [0.25, 0.3) is 11.2 Å². The first kappa shape index (κ1) is 24.8. The minimum absolute atomic E-state index is 0. The first-order valence-corrected chi connectivity index (χ1v) is 11.9. The van der Waals surface area contributed by atoms with Crippen molar-refractivity contribution in [3.63, 3.8) is 0 Å². The largest absolute Gasteiger partial charge is 1.00 e. The van der Waals surface area contributed by atoms with Crippen molar-refractivity contribution >= 4 is 17.0 Å². The molecule has 2 aliphatic carbocycles. The van der Waals surface area contributed by atoms with Crippen molar-refractivity contribution in [3.8, 4) is 0 Å². The molecule has 0 aromatic carbocycles. The number of imidazole rings is 1. The van der Waals surface area contributed by atoms with Gasteiger partial charge in [-0.3, -0.25) is 4.57 Å². The van der Waals surface area contributed by atoms with Crippen molar-refractivity contribution in [3.05, 3.63) is 36.5 Å². The highest BCUT2D eigenvalue weighted by Gasteiger charge is 2.53. The minimum atomic E-state index is 0. The molecule has 2 aromatic rings. The Bertz CT molecular complexity index is 1020. The molecule has 0 bridgehead atoms. The van der Waals surface area contributed by atoms with Crippen LogP contribution in [0, 0.1) is 28.6 Å². The van der Waals surface area contributed by atoms with Gasteiger partial charge in [-0.15, -0.1) is 0 Å². The molecular weight excluding hydrogens is 418 g/mol. The van der Waals surface area contributed by atoms with E-state index in [2.05, 4.69) is 73.7 Å². The fraction of sp³-hybridized carbons (Fsp3) is 0.654. The number of allylic oxidation sites excluding steroid dienone is 4. The summed E-state index contributed by atoms with van der Waals surface area (Å²) in [5.41, 5.74) is 10.2. The fourth-order valence-electron chi connectivity index (χ4n) is 6.47. The molecule has 2 N–H and O–H groups in total. The molecule has 2 aliphatic rings. The maximum Gasteiger partial charge on any atom is 0.307 e. The van der Waals surface area contributed by atoms with E-state index < -0.39 is 0 Å². The van der Waals surface area contributed by atoms with Crippen LogP contribution in [-0.4, -0.2) is 14.5 Å². The van der Waals surface area contributed by atoms with Crippen LogP contribution in [0.15, 0.2) is 36.5 Å². The van der Waals surface area contributed by atoms with Crippen molar-refractivity contribution in [1.82, 2.24) is 14.5 Å². The van der Waals surface area contributed by atoms with Crippen LogP contribution in [0.1, 0.15) is 66.7 Å². The zero-order chi connectivity index (χ0) is 22.4. The first-order valence-electron chi connectivity index (χ1n) is 11.9. The van der Waals surface area contributed by atoms with Gasteiger partial charge in [-0.05, 0) is 67.6 Å². The van der Waals surface area contributed by atoms with Gasteiger partial charge < -0.3 is 18.1 Å². The predicted molar refractivity (Wildman–Crippen MR) is 127 cm³/mol. The number of nitrogens with zero attached hydrogens (tertiary/aromatic N) is 4. The van der Waals surface area contributed by atoms with Crippen molar-refractivity contribution in [2.24, 2.45) is 35.6 Å². The van der Waals surface area contributed by atoms with Crippen LogP contribution in [0.5, 0.6) is 0 Å². The van der Waals surface area contributed by atoms with E-state index >= 15 is 0 Å². The van der Waals surface area contributed by atoms with E-state index in [0.717, 1.165) is 36.0 Å². The third-order valence-corrected chi connectivity index (χ3v) is 9.13. The van der Waals surface area contributed by atoms with Crippen LogP contribution in [0.3, 0.4) is 0 Å². The zero-order valence-corrected chi connectivity index (χ0v) is 21.4. The molecule has 6 heteroatoms. The number of fused-ring (bicyclic) bond motifs is 2. The van der Waals surface area contributed by atoms with Gasteiger partial charge in [-0.1, -0.05) is 56.5 Å². The summed E-state index contributed by atoms with van der Waals surface area (Å²) < 4.78 is 4.17. The summed E-state index contributed by atoms with van der Waals surface area (Å²) in [7, 11) is 2.00. The Hall–Kier alpha value is -1.88. The lowest BCUT2D eigenvalue weighted by Crippen LogP contribution is -3.00. The second-order valence-corrected chi connectivity index (χ2v) is 10.8. The molecule has 5 nitrogen and oxygen atoms in total. The van der Waals surface area contributed by atoms with Gasteiger partial charge in [-0.2, -0.15) is 4.98 Å². The van der Waals surface area contributed by atoms with Gasteiger partial charge >= 0.3 is 5.65 Å². The molecule has 2 aromatic heterocycles. The molecule has 0 aliphatic heterocycles. The van der Waals surface area contributed by atoms with E-state index in [-0.39, 0.29) is 12.4 Å². The van der Waals surface area contributed by atoms with Crippen molar-refractivity contribution < 1.29 is 17.0 Å². The lowest BCUT2D eigenvalue weighted by molar-refractivity contribution is -0.647. The molecule has 176 valence electrons. The summed E-state index contributed by atoms with van der Waals surface area (Å²) in [4.78, 5) is 8.56. The monoisotopic (exact) mass is 457 g/mol. The van der Waals surface area contributed by atoms with E-state index in [4.69, 9.17) is 5.73 Å². The summed E-state index contributed by atoms with van der Waals surface area (Å²) >= 11 is 0. The molecule has 0 radical (unpaired) electrons. The maximum absolute atomic E-state index is 6.14. The summed E-state index contributed by atoms with van der Waals surface area (Å²) in [6, 6.07) is 0. The Morgan fingerprint density at radius 2 is 2.06 bits per heavy atom. The van der Waals surface area contributed by atoms with Gasteiger partial charge in [0.1, 0.15) is 0 Å². The lowest BCUT2D eigenvalue weighted by Gasteiger charge is -2.59. The fourth-order valence-corrected chi connectivity index (χ4v) is 6.47. The Morgan fingerprint density at radius 3 is 2.81 bits per heavy atom. The second kappa shape index (κ2) is 9.17. The average Bonchev–Trinajstić information content (AvgIpc) is 3.07. The van der Waals surface area contributed by atoms with E-state index in [1.165, 1.54) is 37.6 Å². The summed E-state index contributed by atoms with van der Waals surface area (Å²) in [6.45, 7) is 13.1. The number of anilines is 1. The number of aryl methyl sites for hydroxylation is 1. The van der Waals surface area contributed by atoms with Crippen LogP contribution >= 0.6 is 0 Å². The molecule has 2 heterocycles. The highest BCUT2D eigenvalue weighted by Crippen LogP contribution is 2.61. The van der Waals surface area contributed by atoms with Crippen LogP contribution in [0.2, 0.25) is 0 Å². The summed E-state index contributed by atoms with van der Waals surface area (Å²) in [6.07, 6.45) is 17.3. The van der Waals surface area contributed by atoms with Gasteiger partial charge in [0, 0.05) is 0 Å². The molecule has 0 amide bonds. The molecule has 0 saturated heterocycles. The molecule has 0 spiro atoms. The first-order chi connectivity index (χ1) is 14.7. The zero-order valence-electron chi connectivity index (χ0n) is 20.6. The lowest BCUT2D eigenvalue weighted by atomic mass is 9.46. The molecule has 1 saturated carbocycles. The number of rotatable bonds is 5. The molecule has 1 fully saturated rings. The predicted octanol–water partition coefficient (Wildman–Crippen LogP) is 2.22. The Morgan fingerprint density at radius 1 is 1.31 bits per heavy atom. The molecular formula is C26H40ClN5. The van der Waals surface area contributed by atoms with E-state index in [9.17, 15) is 0 Å². The van der Waals surface area contributed by atoms with Crippen molar-refractivity contribution in [2.75, 3.05) is 5.73 Å². The third-order valence-electron chi connectivity index (χ3n) is 9.13. The minimum Gasteiger partial charge on any atom is -1.00 e. The van der Waals surface area contributed by atoms with Gasteiger partial charge in [0.2, 0.25) is 5.52 Å². The number of hydrogen-bond donors (Lipinski definition) is 1. The van der Waals surface area contributed by atoms with Gasteiger partial charge in [0.15, 0.2) is 18.5 Å². The number of halogens is 1. The van der Waals surface area contributed by atoms with Crippen LogP contribution in [-0.2, 0) is 13.6 Å². The van der Waals surface area contributed by atoms with E-state index in [1.54, 1.807) is 0 Å². The highest BCUT2D eigenvalue weighted by molar-refractivity contribution is 5.79. The molecule has 0 unspecified atom stereocenters. The van der Waals surface area contributed by atoms with Crippen LogP contribution in [0.4, 0.5) is 5.82 Å². The standard InChI is InChI=1S/C26H40N5.ClH/c1-18(12-15-31-17-30(6)24-22(31)23(27)28-16-29-24)10-13-25(4)20(3)11-14-26(5)19(2)8-7-9-21(25)26;/h7-8,12,16-17,19-21H,9-11,13-15H2,1-6H3,(H2,27,28,29);1H/q+1;/p-1/b18-12+;/t19-,20-,21-,25+,26+;/m1./s1. The van der Waals surface area contributed by atoms with Crippen molar-refractivity contribution in [2.45, 2.75) is 73.3 Å². The molecule has 32 heavy (non-hydrogen) atoms. The second-order valence-electron chi connectivity index (χ2n) is 10.8. The third kappa shape index (κ3) is 4.09. The van der Waals surface area contributed by atoms with Crippen molar-refractivity contribution in [1.29, 1.82) is 0 Å². The Balaban J connectivity index is 0.00000289. The Kier molecular flexibility index (Phi) is 7.09. The van der Waals surface area contributed by atoms with Gasteiger partial charge in [0.05, 0.1) is 13.6 Å². The molecule has 4 rings (SSSR count). The topological polar surface area (TPSA) is 60.6 Å². The highest BCUT2D eigenvalue weighted by atomic mass is 35.5. The molecule has 5 atom stereocenters. The number of hydrogen-bond acceptors (Lipinski definition) is 3.